The molecule has 3 N–H and O–H groups in total. The predicted molar refractivity (Wildman–Crippen MR) is 88.7 cm³/mol. The van der Waals surface area contributed by atoms with Crippen molar-refractivity contribution in [3.63, 3.8) is 0 Å². The zero-order valence-corrected chi connectivity index (χ0v) is 13.4. The number of sulfonamides is 1. The Morgan fingerprint density at radius 1 is 1.04 bits per heavy atom. The molecule has 2 amide bonds. The van der Waals surface area contributed by atoms with Crippen LogP contribution in [0, 0.1) is 12.7 Å². The van der Waals surface area contributed by atoms with E-state index >= 15 is 0 Å². The van der Waals surface area contributed by atoms with Gasteiger partial charge in [-0.15, -0.1) is 0 Å². The third kappa shape index (κ3) is 4.96. The molecule has 2 aromatic rings. The van der Waals surface area contributed by atoms with Crippen LogP contribution in [0.2, 0.25) is 0 Å². The Morgan fingerprint density at radius 3 is 2.35 bits per heavy atom. The summed E-state index contributed by atoms with van der Waals surface area (Å²) in [5.41, 5.74) is 1.58. The molecule has 0 bridgehead atoms. The van der Waals surface area contributed by atoms with Crippen LogP contribution in [0.1, 0.15) is 5.56 Å². The number of halogens is 1. The number of hydrogen-bond donors (Lipinski definition) is 3. The first-order valence-electron chi connectivity index (χ1n) is 6.65. The van der Waals surface area contributed by atoms with Crippen LogP contribution in [0.4, 0.5) is 26.2 Å². The van der Waals surface area contributed by atoms with E-state index in [1.807, 2.05) is 0 Å². The molecule has 2 aromatic carbocycles. The van der Waals surface area contributed by atoms with Gasteiger partial charge >= 0.3 is 6.03 Å². The van der Waals surface area contributed by atoms with Crippen molar-refractivity contribution in [2.75, 3.05) is 21.6 Å². The van der Waals surface area contributed by atoms with Gasteiger partial charge < -0.3 is 10.6 Å². The number of aryl methyl sites for hydroxylation is 1. The van der Waals surface area contributed by atoms with Crippen molar-refractivity contribution in [1.82, 2.24) is 0 Å². The van der Waals surface area contributed by atoms with Crippen LogP contribution in [0.25, 0.3) is 0 Å². The average Bonchev–Trinajstić information content (AvgIpc) is 2.43. The Kier molecular flexibility index (Phi) is 4.85. The highest BCUT2D eigenvalue weighted by Gasteiger charge is 2.09. The molecule has 0 heterocycles. The van der Waals surface area contributed by atoms with Crippen molar-refractivity contribution in [3.05, 3.63) is 53.8 Å². The molecule has 0 aliphatic rings. The zero-order chi connectivity index (χ0) is 17.0. The Balaban J connectivity index is 2.07. The van der Waals surface area contributed by atoms with E-state index in [-0.39, 0.29) is 5.69 Å². The quantitative estimate of drug-likeness (QED) is 0.801. The van der Waals surface area contributed by atoms with Crippen LogP contribution in [0.15, 0.2) is 42.5 Å². The third-order valence-electron chi connectivity index (χ3n) is 2.90. The van der Waals surface area contributed by atoms with Crippen molar-refractivity contribution in [1.29, 1.82) is 0 Å². The molecule has 0 saturated heterocycles. The van der Waals surface area contributed by atoms with Gasteiger partial charge in [0.25, 0.3) is 0 Å². The molecule has 0 aliphatic heterocycles. The summed E-state index contributed by atoms with van der Waals surface area (Å²) in [6.07, 6.45) is 1.06. The minimum absolute atomic E-state index is 0.0667. The summed E-state index contributed by atoms with van der Waals surface area (Å²) < 4.78 is 38.3. The van der Waals surface area contributed by atoms with E-state index in [0.29, 0.717) is 16.9 Å². The van der Waals surface area contributed by atoms with Gasteiger partial charge in [-0.3, -0.25) is 4.72 Å². The van der Waals surface area contributed by atoms with Crippen LogP contribution in [-0.2, 0) is 10.0 Å². The fourth-order valence-electron chi connectivity index (χ4n) is 1.90. The van der Waals surface area contributed by atoms with Gasteiger partial charge in [-0.05, 0) is 42.8 Å². The average molecular weight is 337 g/mol. The second-order valence-corrected chi connectivity index (χ2v) is 6.71. The summed E-state index contributed by atoms with van der Waals surface area (Å²) >= 11 is 0. The van der Waals surface area contributed by atoms with Crippen LogP contribution in [-0.4, -0.2) is 20.7 Å². The molecular formula is C15H16FN3O3S. The Bertz CT molecular complexity index is 838. The maximum Gasteiger partial charge on any atom is 0.323 e. The highest BCUT2D eigenvalue weighted by molar-refractivity contribution is 7.92. The molecule has 0 saturated carbocycles. The molecule has 6 nitrogen and oxygen atoms in total. The Morgan fingerprint density at radius 2 is 1.74 bits per heavy atom. The third-order valence-corrected chi connectivity index (χ3v) is 3.49. The number of benzene rings is 2. The molecule has 0 fully saturated rings. The lowest BCUT2D eigenvalue weighted by atomic mass is 10.2. The lowest BCUT2D eigenvalue weighted by Gasteiger charge is -2.11. The van der Waals surface area contributed by atoms with Gasteiger partial charge in [0.1, 0.15) is 5.82 Å². The summed E-state index contributed by atoms with van der Waals surface area (Å²) in [4.78, 5) is 11.9. The number of nitrogens with one attached hydrogen (secondary N) is 3. The summed E-state index contributed by atoms with van der Waals surface area (Å²) in [6, 6.07) is 9.90. The summed E-state index contributed by atoms with van der Waals surface area (Å²) in [7, 11) is -3.37. The maximum atomic E-state index is 13.5. The zero-order valence-electron chi connectivity index (χ0n) is 12.6. The fraction of sp³-hybridized carbons (Fsp3) is 0.133. The lowest BCUT2D eigenvalue weighted by Crippen LogP contribution is -2.20. The number of amides is 2. The predicted octanol–water partition coefficient (Wildman–Crippen LogP) is 3.15. The van der Waals surface area contributed by atoms with E-state index in [2.05, 4.69) is 15.4 Å². The number of urea groups is 1. The van der Waals surface area contributed by atoms with Gasteiger partial charge in [0, 0.05) is 5.69 Å². The topological polar surface area (TPSA) is 87.3 Å². The number of rotatable bonds is 4. The van der Waals surface area contributed by atoms with Crippen molar-refractivity contribution < 1.29 is 17.6 Å². The second-order valence-electron chi connectivity index (χ2n) is 4.96. The van der Waals surface area contributed by atoms with Crippen molar-refractivity contribution in [2.24, 2.45) is 0 Å². The Labute approximate surface area is 133 Å². The van der Waals surface area contributed by atoms with E-state index in [1.165, 1.54) is 24.3 Å². The number of carbonyl (C=O) groups is 1. The van der Waals surface area contributed by atoms with Crippen molar-refractivity contribution in [3.8, 4) is 0 Å². The van der Waals surface area contributed by atoms with Gasteiger partial charge in [0.15, 0.2) is 0 Å². The van der Waals surface area contributed by atoms with E-state index in [0.717, 1.165) is 6.26 Å². The molecule has 0 atom stereocenters. The standard InChI is InChI=1S/C15H16FN3O3S/c1-10-9-11(7-8-13(10)19-23(2,21)22)17-15(20)18-14-6-4-3-5-12(14)16/h3-9,19H,1-2H3,(H2,17,18,20). The van der Waals surface area contributed by atoms with Crippen LogP contribution in [0.3, 0.4) is 0 Å². The molecular weight excluding hydrogens is 321 g/mol. The summed E-state index contributed by atoms with van der Waals surface area (Å²) in [6.45, 7) is 1.70. The van der Waals surface area contributed by atoms with Gasteiger partial charge in [-0.1, -0.05) is 12.1 Å². The van der Waals surface area contributed by atoms with Gasteiger partial charge in [0.2, 0.25) is 10.0 Å². The number of anilines is 3. The van der Waals surface area contributed by atoms with Crippen LogP contribution < -0.4 is 15.4 Å². The monoisotopic (exact) mass is 337 g/mol. The number of carbonyl (C=O) groups excluding carboxylic acids is 1. The molecule has 0 unspecified atom stereocenters. The fourth-order valence-corrected chi connectivity index (χ4v) is 2.53. The first kappa shape index (κ1) is 16.8. The van der Waals surface area contributed by atoms with Crippen molar-refractivity contribution in [2.45, 2.75) is 6.92 Å². The summed E-state index contributed by atoms with van der Waals surface area (Å²) in [5.74, 6) is -0.536. The number of para-hydroxylation sites is 1. The molecule has 23 heavy (non-hydrogen) atoms. The second kappa shape index (κ2) is 6.66. The van der Waals surface area contributed by atoms with Crippen LogP contribution in [0.5, 0.6) is 0 Å². The highest BCUT2D eigenvalue weighted by Crippen LogP contribution is 2.21. The highest BCUT2D eigenvalue weighted by atomic mass is 32.2. The lowest BCUT2D eigenvalue weighted by molar-refractivity contribution is 0.262. The first-order chi connectivity index (χ1) is 10.7. The van der Waals surface area contributed by atoms with E-state index in [9.17, 15) is 17.6 Å². The van der Waals surface area contributed by atoms with Gasteiger partial charge in [-0.25, -0.2) is 17.6 Å². The SMILES string of the molecule is Cc1cc(NC(=O)Nc2ccccc2F)ccc1NS(C)(=O)=O. The molecule has 8 heteroatoms. The first-order valence-corrected chi connectivity index (χ1v) is 8.55. The van der Waals surface area contributed by atoms with Gasteiger partial charge in [0.05, 0.1) is 17.6 Å². The smallest absolute Gasteiger partial charge is 0.308 e. The minimum Gasteiger partial charge on any atom is -0.308 e. The number of hydrogen-bond acceptors (Lipinski definition) is 3. The normalized spacial score (nSPS) is 10.9. The Hall–Kier alpha value is -2.61. The largest absolute Gasteiger partial charge is 0.323 e. The van der Waals surface area contributed by atoms with E-state index in [1.54, 1.807) is 25.1 Å². The molecule has 0 radical (unpaired) electrons. The molecule has 0 spiro atoms. The molecule has 2 rings (SSSR count). The van der Waals surface area contributed by atoms with E-state index in [4.69, 9.17) is 0 Å². The maximum absolute atomic E-state index is 13.5. The molecule has 122 valence electrons. The van der Waals surface area contributed by atoms with Crippen LogP contribution >= 0.6 is 0 Å². The van der Waals surface area contributed by atoms with Gasteiger partial charge in [-0.2, -0.15) is 0 Å². The molecule has 0 aromatic heterocycles. The van der Waals surface area contributed by atoms with E-state index < -0.39 is 21.9 Å². The summed E-state index contributed by atoms with van der Waals surface area (Å²) in [5, 5.41) is 4.95. The van der Waals surface area contributed by atoms with Crippen molar-refractivity contribution >= 4 is 33.1 Å². The minimum atomic E-state index is -3.37. The molecule has 0 aliphatic carbocycles.